The number of thiazole rings is 1. The summed E-state index contributed by atoms with van der Waals surface area (Å²) >= 11 is 1.75. The van der Waals surface area contributed by atoms with E-state index < -0.39 is 15.6 Å². The number of rotatable bonds is 5. The van der Waals surface area contributed by atoms with Gasteiger partial charge in [0.25, 0.3) is 0 Å². The van der Waals surface area contributed by atoms with Gasteiger partial charge in [0.2, 0.25) is 0 Å². The third-order valence-corrected chi connectivity index (χ3v) is 4.76. The van der Waals surface area contributed by atoms with Crippen molar-refractivity contribution in [2.45, 2.75) is 13.0 Å². The summed E-state index contributed by atoms with van der Waals surface area (Å²) in [6.07, 6.45) is 5.52. The van der Waals surface area contributed by atoms with Crippen molar-refractivity contribution in [2.75, 3.05) is 27.7 Å². The molecule has 36 heavy (non-hydrogen) atoms. The molecule has 0 N–H and O–H groups in total. The molecule has 0 amide bonds. The van der Waals surface area contributed by atoms with Gasteiger partial charge in [-0.15, -0.1) is 11.3 Å². The zero-order chi connectivity index (χ0) is 28.4. The van der Waals surface area contributed by atoms with E-state index in [2.05, 4.69) is 68.4 Å². The molecule has 0 atom stereocenters. The number of hydrogen-bond donors (Lipinski definition) is 0. The molecule has 2 heterocycles. The van der Waals surface area contributed by atoms with Crippen LogP contribution < -0.4 is 4.57 Å². The summed E-state index contributed by atoms with van der Waals surface area (Å²) in [7, 11) is -14.6. The van der Waals surface area contributed by atoms with E-state index in [-0.39, 0.29) is 0 Å². The third kappa shape index (κ3) is 21.5. The van der Waals surface area contributed by atoms with Crippen molar-refractivity contribution in [1.82, 2.24) is 4.98 Å². The Balaban J connectivity index is 0.000000383. The fourth-order valence-electron chi connectivity index (χ4n) is 2.47. The van der Waals surface area contributed by atoms with Crippen LogP contribution in [0.3, 0.4) is 0 Å². The summed E-state index contributed by atoms with van der Waals surface area (Å²) in [5, 5.41) is 1.10. The Kier molecular flexibility index (Phi) is 7.99. The predicted molar refractivity (Wildman–Crippen MR) is 120 cm³/mol. The van der Waals surface area contributed by atoms with Gasteiger partial charge < -0.3 is 4.48 Å². The van der Waals surface area contributed by atoms with Crippen LogP contribution in [0.4, 0.5) is 50.4 Å². The fraction of sp³-hybridized carbons (Fsp3) is 0.333. The van der Waals surface area contributed by atoms with E-state index in [0.717, 1.165) is 21.6 Å². The van der Waals surface area contributed by atoms with Crippen molar-refractivity contribution in [3.63, 3.8) is 0 Å². The van der Waals surface area contributed by atoms with Crippen LogP contribution in [0.5, 0.6) is 0 Å². The molecule has 0 bridgehead atoms. The fourth-order valence-corrected chi connectivity index (χ4v) is 3.44. The normalized spacial score (nSPS) is 16.3. The number of nitrogens with zero attached hydrogens (tertiary/aromatic N) is 3. The summed E-state index contributed by atoms with van der Waals surface area (Å²) in [5.41, 5.74) is 2.28. The molecule has 0 radical (unpaired) electrons. The molecule has 2 aromatic heterocycles. The zero-order valence-electron chi connectivity index (χ0n) is 18.9. The molecule has 0 saturated carbocycles. The van der Waals surface area contributed by atoms with Gasteiger partial charge in [0, 0.05) is 17.7 Å². The number of quaternary nitrogens is 1. The first-order chi connectivity index (χ1) is 15.4. The Hall–Kier alpha value is -1.76. The Morgan fingerprint density at radius 2 is 1.19 bits per heavy atom. The van der Waals surface area contributed by atoms with Crippen LogP contribution in [0.15, 0.2) is 48.8 Å². The van der Waals surface area contributed by atoms with Gasteiger partial charge in [-0.05, 0) is 12.1 Å². The molecule has 0 fully saturated rings. The Labute approximate surface area is 202 Å². The van der Waals surface area contributed by atoms with E-state index in [4.69, 9.17) is 4.98 Å². The van der Waals surface area contributed by atoms with Gasteiger partial charge in [0.1, 0.15) is 5.01 Å². The number of pyridine rings is 1. The minimum atomic E-state index is -10.7. The van der Waals surface area contributed by atoms with Crippen LogP contribution in [0.2, 0.25) is 0 Å². The molecule has 3 aromatic rings. The summed E-state index contributed by atoms with van der Waals surface area (Å²) in [4.78, 5) is 4.71. The van der Waals surface area contributed by atoms with Crippen molar-refractivity contribution in [1.29, 1.82) is 0 Å². The number of aryl methyl sites for hydroxylation is 1. The molecule has 0 spiro atoms. The van der Waals surface area contributed by atoms with Gasteiger partial charge in [-0.3, -0.25) is 0 Å². The van der Waals surface area contributed by atoms with E-state index in [1.165, 1.54) is 23.2 Å². The van der Waals surface area contributed by atoms with Crippen LogP contribution in [0.25, 0.3) is 20.8 Å². The topological polar surface area (TPSA) is 16.8 Å². The number of para-hydroxylation sites is 1. The van der Waals surface area contributed by atoms with Crippen LogP contribution >= 0.6 is 27.0 Å². The minimum absolute atomic E-state index is 1.02. The van der Waals surface area contributed by atoms with Crippen molar-refractivity contribution in [3.05, 3.63) is 48.8 Å². The zero-order valence-corrected chi connectivity index (χ0v) is 21.5. The molecular weight excluding hydrogens is 580 g/mol. The quantitative estimate of drug-likeness (QED) is 0.123. The maximum absolute atomic E-state index is 10.7. The molecule has 0 unspecified atom stereocenters. The number of hydrogen-bond acceptors (Lipinski definition) is 2. The van der Waals surface area contributed by atoms with Gasteiger partial charge >= 0.3 is 66.0 Å². The molecule has 0 aliphatic carbocycles. The van der Waals surface area contributed by atoms with E-state index >= 15 is 0 Å². The average Bonchev–Trinajstić information content (AvgIpc) is 3.00. The van der Waals surface area contributed by atoms with E-state index in [1.54, 1.807) is 11.3 Å². The molecule has 3 rings (SSSR count). The monoisotopic (exact) mass is 603 g/mol. The molecular formula is C18H23F12N3P2S. The van der Waals surface area contributed by atoms with Crippen molar-refractivity contribution >= 4 is 37.2 Å². The van der Waals surface area contributed by atoms with Crippen LogP contribution in [-0.4, -0.2) is 37.2 Å². The first-order valence-electron chi connectivity index (χ1n) is 9.70. The number of aromatic nitrogens is 2. The summed E-state index contributed by atoms with van der Waals surface area (Å²) in [6, 6.07) is 12.6. The van der Waals surface area contributed by atoms with Gasteiger partial charge in [-0.2, -0.15) is 0 Å². The summed E-state index contributed by atoms with van der Waals surface area (Å²) < 4.78 is 123. The molecule has 210 valence electrons. The molecule has 3 nitrogen and oxygen atoms in total. The summed E-state index contributed by atoms with van der Waals surface area (Å²) in [5.74, 6) is 0. The van der Waals surface area contributed by atoms with Crippen molar-refractivity contribution in [3.8, 4) is 10.6 Å². The summed E-state index contributed by atoms with van der Waals surface area (Å²) in [6.45, 7) is 2.25. The number of benzene rings is 1. The Morgan fingerprint density at radius 3 is 1.61 bits per heavy atom. The Bertz CT molecular complexity index is 1080. The third-order valence-electron chi connectivity index (χ3n) is 3.68. The first-order valence-corrected chi connectivity index (χ1v) is 14.6. The van der Waals surface area contributed by atoms with Crippen LogP contribution in [-0.2, 0) is 6.54 Å². The first kappa shape index (κ1) is 32.3. The second kappa shape index (κ2) is 8.92. The average molecular weight is 603 g/mol. The number of halogens is 12. The molecule has 1 aromatic carbocycles. The van der Waals surface area contributed by atoms with Gasteiger partial charge in [-0.25, -0.2) is 9.55 Å². The maximum atomic E-state index is 9.87. The molecule has 18 heteroatoms. The standard InChI is InChI=1S/C18H23N3S.2F6P/c1-21(2,3)14-6-11-20-12-9-15(10-13-20)18-19-16-7-4-5-8-17(16)22-18;2*1-7(2,3,4,5)6/h4-5,7-10,12-13H,6,11,14H2,1-3H3;;/q+2;2*-1. The van der Waals surface area contributed by atoms with Gasteiger partial charge in [0.05, 0.1) is 44.3 Å². The molecule has 0 saturated heterocycles. The van der Waals surface area contributed by atoms with E-state index in [9.17, 15) is 50.4 Å². The molecule has 0 aliphatic rings. The predicted octanol–water partition coefficient (Wildman–Crippen LogP) is 10.1. The SMILES string of the molecule is C[N+](C)(C)CCC[n+]1ccc(-c2nc3ccccc3s2)cc1.F[P-](F)(F)(F)(F)F.F[P-](F)(F)(F)(F)F. The van der Waals surface area contributed by atoms with E-state index in [0.29, 0.717) is 0 Å². The van der Waals surface area contributed by atoms with Gasteiger partial charge in [-0.1, -0.05) is 12.1 Å². The second-order valence-electron chi connectivity index (χ2n) is 8.60. The Morgan fingerprint density at radius 1 is 0.750 bits per heavy atom. The number of fused-ring (bicyclic) bond motifs is 1. The molecule has 0 aliphatic heterocycles. The van der Waals surface area contributed by atoms with E-state index in [1.807, 2.05) is 6.07 Å². The van der Waals surface area contributed by atoms with Crippen molar-refractivity contribution < 1.29 is 59.4 Å². The van der Waals surface area contributed by atoms with Crippen LogP contribution in [0, 0.1) is 0 Å². The van der Waals surface area contributed by atoms with Crippen molar-refractivity contribution in [2.24, 2.45) is 0 Å². The second-order valence-corrected chi connectivity index (χ2v) is 13.5. The van der Waals surface area contributed by atoms with Crippen LogP contribution in [0.1, 0.15) is 6.42 Å². The van der Waals surface area contributed by atoms with Gasteiger partial charge in [0.15, 0.2) is 18.9 Å².